The number of nitrogens with zero attached hydrogens (tertiary/aromatic N) is 2. The third-order valence-electron chi connectivity index (χ3n) is 11.2. The molecule has 0 spiro atoms. The fourth-order valence-electron chi connectivity index (χ4n) is 8.92. The predicted molar refractivity (Wildman–Crippen MR) is 185 cm³/mol. The molecule has 2 N–H and O–H groups in total. The first-order chi connectivity index (χ1) is 23.7. The van der Waals surface area contributed by atoms with Gasteiger partial charge in [-0.25, -0.2) is 0 Å². The smallest absolute Gasteiger partial charge is 0.260 e. The Hall–Kier alpha value is -5.50. The topological polar surface area (TPSA) is 107 Å². The number of benzene rings is 4. The lowest BCUT2D eigenvalue weighted by Crippen LogP contribution is -2.53. The minimum Gasteiger partial charge on any atom is -0.508 e. The lowest BCUT2D eigenvalue weighted by atomic mass is 9.49. The van der Waals surface area contributed by atoms with Gasteiger partial charge in [0.15, 0.2) is 0 Å². The summed E-state index contributed by atoms with van der Waals surface area (Å²) in [6.45, 7) is 4.02. The van der Waals surface area contributed by atoms with E-state index in [0.29, 0.717) is 23.4 Å². The van der Waals surface area contributed by atoms with Gasteiger partial charge in [-0.15, -0.1) is 0 Å². The summed E-state index contributed by atoms with van der Waals surface area (Å²) in [7, 11) is 0. The van der Waals surface area contributed by atoms with Crippen molar-refractivity contribution < 1.29 is 24.3 Å². The average Bonchev–Trinajstić information content (AvgIpc) is 3.51. The van der Waals surface area contributed by atoms with E-state index in [1.807, 2.05) is 91.9 Å². The number of hydrogen-bond donors (Lipinski definition) is 2. The number of carbonyl (C=O) groups is 4. The number of rotatable bonds is 6. The van der Waals surface area contributed by atoms with E-state index in [2.05, 4.69) is 12.3 Å². The summed E-state index contributed by atoms with van der Waals surface area (Å²) in [4.78, 5) is 59.6. The molecule has 0 bridgehead atoms. The summed E-state index contributed by atoms with van der Waals surface area (Å²) in [6, 6.07) is 31.3. The maximum absolute atomic E-state index is 15.1. The molecular weight excluding hydrogens is 614 g/mol. The minimum atomic E-state index is -1.34. The second kappa shape index (κ2) is 11.6. The molecule has 8 rings (SSSR count). The maximum Gasteiger partial charge on any atom is 0.260 e. The Balaban J connectivity index is 1.29. The Bertz CT molecular complexity index is 2010. The van der Waals surface area contributed by atoms with E-state index in [1.165, 1.54) is 4.90 Å². The van der Waals surface area contributed by atoms with Crippen LogP contribution in [-0.2, 0) is 31.0 Å². The molecule has 0 radical (unpaired) electrons. The van der Waals surface area contributed by atoms with Gasteiger partial charge in [0.05, 0.1) is 34.5 Å². The zero-order valence-corrected chi connectivity index (χ0v) is 27.4. The molecular formula is C41H37N3O5. The van der Waals surface area contributed by atoms with Crippen molar-refractivity contribution in [2.24, 2.45) is 23.7 Å². The van der Waals surface area contributed by atoms with Gasteiger partial charge in [0.2, 0.25) is 11.8 Å². The first-order valence-corrected chi connectivity index (χ1v) is 17.0. The number of phenols is 1. The van der Waals surface area contributed by atoms with Gasteiger partial charge in [-0.2, -0.15) is 5.01 Å². The number of allylic oxidation sites excluding steroid dienone is 2. The molecule has 0 aromatic heterocycles. The predicted octanol–water partition coefficient (Wildman–Crippen LogP) is 6.45. The second-order valence-electron chi connectivity index (χ2n) is 13.7. The Kier molecular flexibility index (Phi) is 7.28. The van der Waals surface area contributed by atoms with Gasteiger partial charge < -0.3 is 5.11 Å². The summed E-state index contributed by atoms with van der Waals surface area (Å²) in [5.74, 6) is -4.32. The summed E-state index contributed by atoms with van der Waals surface area (Å²) >= 11 is 0. The number of hydrazine groups is 1. The molecule has 246 valence electrons. The van der Waals surface area contributed by atoms with Gasteiger partial charge in [0, 0.05) is 5.92 Å². The quantitative estimate of drug-likeness (QED) is 0.183. The first kappa shape index (κ1) is 30.8. The number of nitrogens with one attached hydrogen (secondary N) is 1. The van der Waals surface area contributed by atoms with Crippen molar-refractivity contribution in [2.75, 3.05) is 10.3 Å². The SMILES string of the molecule is CCc1ccc(N2C(=O)[C@H]3[C@H](CC=C4[C@H]3C[C@H]3C(=O)N(Nc5ccc(C)cc5)C(=O)[C@@]3(c3ccccc3)[C@H]4c3ccc(O)cc3)C2=O)cc1. The van der Waals surface area contributed by atoms with Crippen LogP contribution in [0.3, 0.4) is 0 Å². The van der Waals surface area contributed by atoms with E-state index >= 15 is 4.79 Å². The molecule has 49 heavy (non-hydrogen) atoms. The van der Waals surface area contributed by atoms with Crippen molar-refractivity contribution in [1.29, 1.82) is 0 Å². The van der Waals surface area contributed by atoms with E-state index in [4.69, 9.17) is 0 Å². The van der Waals surface area contributed by atoms with Crippen LogP contribution in [-0.4, -0.2) is 33.7 Å². The van der Waals surface area contributed by atoms with Crippen molar-refractivity contribution in [3.8, 4) is 5.75 Å². The van der Waals surface area contributed by atoms with Crippen molar-refractivity contribution >= 4 is 35.0 Å². The molecule has 2 aliphatic heterocycles. The Labute approximate surface area is 285 Å². The third-order valence-corrected chi connectivity index (χ3v) is 11.2. The second-order valence-corrected chi connectivity index (χ2v) is 13.7. The summed E-state index contributed by atoms with van der Waals surface area (Å²) in [5, 5.41) is 11.5. The zero-order valence-electron chi connectivity index (χ0n) is 27.4. The number of aromatic hydroxyl groups is 1. The highest BCUT2D eigenvalue weighted by Gasteiger charge is 2.70. The van der Waals surface area contributed by atoms with Gasteiger partial charge in [0.25, 0.3) is 11.8 Å². The molecule has 4 amide bonds. The third kappa shape index (κ3) is 4.57. The standard InChI is InChI=1S/C41H37N3O5/c1-3-25-11-17-29(18-12-25)43-37(46)32-22-21-31-33(35(32)39(43)48)23-34-38(47)44(42-28-15-9-24(2)10-16-28)40(49)41(34,27-7-5-4-6-8-27)36(31)26-13-19-30(45)20-14-26/h4-21,32-36,42,45H,3,22-23H2,1-2H3/t32-,33+,34-,35-,36-,41+/m0/s1. The van der Waals surface area contributed by atoms with Crippen LogP contribution in [0.2, 0.25) is 0 Å². The van der Waals surface area contributed by atoms with Gasteiger partial charge in [-0.3, -0.25) is 29.5 Å². The molecule has 4 aromatic rings. The van der Waals surface area contributed by atoms with Crippen molar-refractivity contribution in [2.45, 2.75) is 44.4 Å². The molecule has 4 aromatic carbocycles. The Morgan fingerprint density at radius 2 is 1.49 bits per heavy atom. The van der Waals surface area contributed by atoms with Gasteiger partial charge in [-0.1, -0.05) is 90.9 Å². The van der Waals surface area contributed by atoms with E-state index in [9.17, 15) is 19.5 Å². The fraction of sp³-hybridized carbons (Fsp3) is 0.268. The lowest BCUT2D eigenvalue weighted by Gasteiger charge is -2.50. The van der Waals surface area contributed by atoms with Crippen molar-refractivity contribution in [3.05, 3.63) is 137 Å². The minimum absolute atomic E-state index is 0.0805. The number of fused-ring (bicyclic) bond motifs is 4. The molecule has 6 atom stereocenters. The van der Waals surface area contributed by atoms with Gasteiger partial charge in [0.1, 0.15) is 5.75 Å². The van der Waals surface area contributed by atoms with Crippen LogP contribution in [0.15, 0.2) is 115 Å². The van der Waals surface area contributed by atoms with Crippen LogP contribution in [0.4, 0.5) is 11.4 Å². The molecule has 2 heterocycles. The molecule has 1 saturated carbocycles. The number of phenolic OH excluding ortho intramolecular Hbond substituents is 1. The largest absolute Gasteiger partial charge is 0.508 e. The number of carbonyl (C=O) groups excluding carboxylic acids is 4. The highest BCUT2D eigenvalue weighted by atomic mass is 16.3. The van der Waals surface area contributed by atoms with Gasteiger partial charge >= 0.3 is 0 Å². The molecule has 8 heteroatoms. The molecule has 8 nitrogen and oxygen atoms in total. The van der Waals surface area contributed by atoms with Crippen molar-refractivity contribution in [3.63, 3.8) is 0 Å². The molecule has 0 unspecified atom stereocenters. The Morgan fingerprint density at radius 1 is 0.796 bits per heavy atom. The van der Waals surface area contributed by atoms with Crippen LogP contribution >= 0.6 is 0 Å². The van der Waals surface area contributed by atoms with Crippen LogP contribution in [0, 0.1) is 30.6 Å². The number of aryl methyl sites for hydroxylation is 2. The first-order valence-electron chi connectivity index (χ1n) is 17.0. The summed E-state index contributed by atoms with van der Waals surface area (Å²) in [6.07, 6.45) is 3.47. The Morgan fingerprint density at radius 3 is 2.16 bits per heavy atom. The maximum atomic E-state index is 15.1. The molecule has 4 aliphatic rings. The van der Waals surface area contributed by atoms with E-state index < -0.39 is 35.0 Å². The highest BCUT2D eigenvalue weighted by molar-refractivity contribution is 6.22. The van der Waals surface area contributed by atoms with Crippen LogP contribution in [0.25, 0.3) is 0 Å². The lowest BCUT2D eigenvalue weighted by molar-refractivity contribution is -0.138. The zero-order chi connectivity index (χ0) is 34.0. The molecule has 3 fully saturated rings. The van der Waals surface area contributed by atoms with E-state index in [-0.39, 0.29) is 35.8 Å². The van der Waals surface area contributed by atoms with Crippen LogP contribution in [0.1, 0.15) is 47.9 Å². The number of hydrogen-bond acceptors (Lipinski definition) is 6. The number of amides is 4. The number of imide groups is 2. The van der Waals surface area contributed by atoms with Gasteiger partial charge in [-0.05, 0) is 85.2 Å². The van der Waals surface area contributed by atoms with E-state index in [1.54, 1.807) is 24.3 Å². The van der Waals surface area contributed by atoms with E-state index in [0.717, 1.165) is 33.7 Å². The monoisotopic (exact) mass is 651 g/mol. The molecule has 2 aliphatic carbocycles. The summed E-state index contributed by atoms with van der Waals surface area (Å²) in [5.41, 5.74) is 7.43. The fourth-order valence-corrected chi connectivity index (χ4v) is 8.92. The summed E-state index contributed by atoms with van der Waals surface area (Å²) < 4.78 is 0. The van der Waals surface area contributed by atoms with Crippen molar-refractivity contribution in [1.82, 2.24) is 5.01 Å². The normalized spacial score (nSPS) is 27.5. The van der Waals surface area contributed by atoms with Crippen LogP contribution in [0.5, 0.6) is 5.75 Å². The average molecular weight is 652 g/mol. The van der Waals surface area contributed by atoms with Crippen LogP contribution < -0.4 is 10.3 Å². The number of anilines is 2. The molecule has 2 saturated heterocycles. The highest BCUT2D eigenvalue weighted by Crippen LogP contribution is 2.64.